The van der Waals surface area contributed by atoms with Gasteiger partial charge in [-0.3, -0.25) is 14.5 Å². The van der Waals surface area contributed by atoms with Crippen molar-refractivity contribution in [3.05, 3.63) is 47.5 Å². The van der Waals surface area contributed by atoms with E-state index in [1.807, 2.05) is 12.2 Å². The van der Waals surface area contributed by atoms with Gasteiger partial charge in [0.25, 0.3) is 0 Å². The van der Waals surface area contributed by atoms with Crippen LogP contribution in [0.2, 0.25) is 6.32 Å². The van der Waals surface area contributed by atoms with Crippen molar-refractivity contribution in [3.8, 4) is 0 Å². The van der Waals surface area contributed by atoms with Gasteiger partial charge in [-0.25, -0.2) is 4.79 Å². The Morgan fingerprint density at radius 2 is 1.76 bits per heavy atom. The first-order valence-electron chi connectivity index (χ1n) is 7.99. The summed E-state index contributed by atoms with van der Waals surface area (Å²) in [4.78, 5) is 35.5. The van der Waals surface area contributed by atoms with Crippen LogP contribution < -0.4 is 0 Å². The summed E-state index contributed by atoms with van der Waals surface area (Å²) < 4.78 is 10.2. The Bertz CT molecular complexity index is 638. The van der Waals surface area contributed by atoms with E-state index < -0.39 is 25.0 Å². The van der Waals surface area contributed by atoms with E-state index in [1.54, 1.807) is 31.3 Å². The molecule has 0 spiro atoms. The van der Waals surface area contributed by atoms with E-state index in [2.05, 4.69) is 0 Å². The molecule has 1 heterocycles. The normalized spacial score (nSPS) is 16.3. The molecule has 2 rings (SSSR count). The van der Waals surface area contributed by atoms with E-state index in [0.29, 0.717) is 6.32 Å². The molecule has 1 aliphatic rings. The van der Waals surface area contributed by atoms with E-state index in [1.165, 1.54) is 4.90 Å². The summed E-state index contributed by atoms with van der Waals surface area (Å²) in [7, 11) is 0.756. The van der Waals surface area contributed by atoms with Crippen LogP contribution in [0.1, 0.15) is 22.3 Å². The standard InChI is InChI=1S/C17H20BNO6/c1-19-11-15(20)24-18(25-16(21)12-19)10-4-2-3-5-13-6-8-14(9-7-13)17(22)23/h2,4,6-9H,3,5,10-12H2,1H3,(H,22,23). The maximum atomic E-state index is 11.6. The molecule has 132 valence electrons. The molecule has 0 aliphatic carbocycles. The number of rotatable bonds is 6. The Labute approximate surface area is 146 Å². The quantitative estimate of drug-likeness (QED) is 0.615. The van der Waals surface area contributed by atoms with Crippen LogP contribution in [-0.2, 0) is 25.3 Å². The summed E-state index contributed by atoms with van der Waals surface area (Å²) in [6.07, 6.45) is 5.52. The third kappa shape index (κ3) is 6.42. The highest BCUT2D eigenvalue weighted by molar-refractivity contribution is 6.49. The second-order valence-corrected chi connectivity index (χ2v) is 5.83. The Hall–Kier alpha value is -2.61. The summed E-state index contributed by atoms with van der Waals surface area (Å²) in [5, 5.41) is 8.85. The SMILES string of the molecule is CN1CC(=O)OB(CC=CCCc2ccc(C(=O)O)cc2)OC(=O)C1. The predicted molar refractivity (Wildman–Crippen MR) is 91.1 cm³/mol. The Kier molecular flexibility index (Phi) is 6.76. The van der Waals surface area contributed by atoms with Crippen LogP contribution in [0.4, 0.5) is 0 Å². The van der Waals surface area contributed by atoms with Crippen LogP contribution in [-0.4, -0.2) is 55.2 Å². The van der Waals surface area contributed by atoms with Gasteiger partial charge in [0, 0.05) is 6.32 Å². The average Bonchev–Trinajstić information content (AvgIpc) is 2.53. The van der Waals surface area contributed by atoms with Gasteiger partial charge in [0.1, 0.15) is 0 Å². The minimum Gasteiger partial charge on any atom is -0.498 e. The number of carbonyl (C=O) groups is 3. The largest absolute Gasteiger partial charge is 0.602 e. The van der Waals surface area contributed by atoms with Crippen molar-refractivity contribution in [2.45, 2.75) is 19.2 Å². The molecule has 1 fully saturated rings. The Morgan fingerprint density at radius 1 is 1.16 bits per heavy atom. The van der Waals surface area contributed by atoms with Gasteiger partial charge in [0.15, 0.2) is 0 Å². The molecule has 1 saturated heterocycles. The zero-order chi connectivity index (χ0) is 18.2. The molecule has 0 radical (unpaired) electrons. The number of aromatic carboxylic acids is 1. The first-order valence-corrected chi connectivity index (χ1v) is 7.99. The van der Waals surface area contributed by atoms with Crippen LogP contribution in [0, 0.1) is 0 Å². The molecule has 0 amide bonds. The fraction of sp³-hybridized carbons (Fsp3) is 0.353. The number of carbonyl (C=O) groups excluding carboxylic acids is 2. The molecule has 1 aliphatic heterocycles. The second kappa shape index (κ2) is 9.03. The van der Waals surface area contributed by atoms with Crippen molar-refractivity contribution < 1.29 is 28.8 Å². The van der Waals surface area contributed by atoms with E-state index in [4.69, 9.17) is 14.4 Å². The summed E-state index contributed by atoms with van der Waals surface area (Å²) >= 11 is 0. The smallest absolute Gasteiger partial charge is 0.498 e. The fourth-order valence-electron chi connectivity index (χ4n) is 2.37. The summed E-state index contributed by atoms with van der Waals surface area (Å²) in [6, 6.07) is 6.72. The molecule has 7 nitrogen and oxygen atoms in total. The number of aryl methyl sites for hydroxylation is 1. The first kappa shape index (κ1) is 18.7. The van der Waals surface area contributed by atoms with Crippen LogP contribution >= 0.6 is 0 Å². The lowest BCUT2D eigenvalue weighted by Crippen LogP contribution is -2.42. The summed E-state index contributed by atoms with van der Waals surface area (Å²) in [5.74, 6) is -1.79. The molecule has 1 aromatic carbocycles. The molecule has 1 N–H and O–H groups in total. The Balaban J connectivity index is 1.77. The zero-order valence-electron chi connectivity index (χ0n) is 14.0. The minimum atomic E-state index is -0.944. The highest BCUT2D eigenvalue weighted by Gasteiger charge is 2.30. The molecular formula is C17H20BNO6. The van der Waals surface area contributed by atoms with Crippen molar-refractivity contribution in [2.75, 3.05) is 20.1 Å². The monoisotopic (exact) mass is 345 g/mol. The van der Waals surface area contributed by atoms with E-state index in [9.17, 15) is 14.4 Å². The number of allylic oxidation sites excluding steroid dienone is 2. The third-order valence-electron chi connectivity index (χ3n) is 3.62. The predicted octanol–water partition coefficient (Wildman–Crippen LogP) is 1.39. The molecular weight excluding hydrogens is 325 g/mol. The number of hydrogen-bond acceptors (Lipinski definition) is 6. The summed E-state index contributed by atoms with van der Waals surface area (Å²) in [5.41, 5.74) is 1.29. The van der Waals surface area contributed by atoms with E-state index >= 15 is 0 Å². The number of nitrogens with zero attached hydrogens (tertiary/aromatic N) is 1. The lowest BCUT2D eigenvalue weighted by molar-refractivity contribution is -0.145. The highest BCUT2D eigenvalue weighted by Crippen LogP contribution is 2.09. The Morgan fingerprint density at radius 3 is 2.32 bits per heavy atom. The number of likely N-dealkylation sites (N-methyl/N-ethyl adjacent to an activating group) is 1. The lowest BCUT2D eigenvalue weighted by Gasteiger charge is -2.21. The molecule has 0 saturated carbocycles. The van der Waals surface area contributed by atoms with Crippen molar-refractivity contribution in [1.82, 2.24) is 4.90 Å². The minimum absolute atomic E-state index is 0.0572. The van der Waals surface area contributed by atoms with Crippen molar-refractivity contribution in [1.29, 1.82) is 0 Å². The number of hydrogen-bond donors (Lipinski definition) is 1. The fourth-order valence-corrected chi connectivity index (χ4v) is 2.37. The molecule has 1 aromatic rings. The van der Waals surface area contributed by atoms with Crippen molar-refractivity contribution >= 4 is 25.0 Å². The lowest BCUT2D eigenvalue weighted by atomic mass is 9.84. The van der Waals surface area contributed by atoms with Gasteiger partial charge in [-0.15, -0.1) is 0 Å². The molecule has 0 unspecified atom stereocenters. The molecule has 0 atom stereocenters. The molecule has 8 heteroatoms. The molecule has 0 aromatic heterocycles. The van der Waals surface area contributed by atoms with Gasteiger partial charge in [-0.1, -0.05) is 24.3 Å². The number of carboxylic acids is 1. The highest BCUT2D eigenvalue weighted by atomic mass is 16.6. The van der Waals surface area contributed by atoms with Crippen LogP contribution in [0.5, 0.6) is 0 Å². The van der Waals surface area contributed by atoms with Crippen LogP contribution in [0.25, 0.3) is 0 Å². The zero-order valence-corrected chi connectivity index (χ0v) is 14.0. The van der Waals surface area contributed by atoms with Crippen molar-refractivity contribution in [3.63, 3.8) is 0 Å². The van der Waals surface area contributed by atoms with Gasteiger partial charge >= 0.3 is 25.0 Å². The summed E-state index contributed by atoms with van der Waals surface area (Å²) in [6.45, 7) is 0.114. The third-order valence-corrected chi connectivity index (χ3v) is 3.62. The molecule has 25 heavy (non-hydrogen) atoms. The van der Waals surface area contributed by atoms with E-state index in [-0.39, 0.29) is 18.7 Å². The van der Waals surface area contributed by atoms with Gasteiger partial charge in [-0.05, 0) is 37.6 Å². The maximum absolute atomic E-state index is 11.6. The second-order valence-electron chi connectivity index (χ2n) is 5.83. The maximum Gasteiger partial charge on any atom is 0.602 e. The van der Waals surface area contributed by atoms with Crippen LogP contribution in [0.15, 0.2) is 36.4 Å². The van der Waals surface area contributed by atoms with Gasteiger partial charge < -0.3 is 14.4 Å². The number of carboxylic acid groups (broad SMARTS) is 1. The van der Waals surface area contributed by atoms with Gasteiger partial charge in [0.05, 0.1) is 18.7 Å². The van der Waals surface area contributed by atoms with Gasteiger partial charge in [-0.2, -0.15) is 0 Å². The van der Waals surface area contributed by atoms with Crippen molar-refractivity contribution in [2.24, 2.45) is 0 Å². The first-order chi connectivity index (χ1) is 11.9. The van der Waals surface area contributed by atoms with Gasteiger partial charge in [0.2, 0.25) is 0 Å². The molecule has 0 bridgehead atoms. The van der Waals surface area contributed by atoms with E-state index in [0.717, 1.165) is 18.4 Å². The topological polar surface area (TPSA) is 93.1 Å². The number of benzene rings is 1. The van der Waals surface area contributed by atoms with Crippen LogP contribution in [0.3, 0.4) is 0 Å². The average molecular weight is 345 g/mol.